The van der Waals surface area contributed by atoms with Gasteiger partial charge in [-0.25, -0.2) is 8.78 Å². The standard InChI is InChI=1S/C24H32ClF2N3O/c1-15(2)13-21-23-18(19-14-17(25)3-4-20(19)28-23)7-12-30(21)22(31)8-11-29-9-5-16(6-10-29)24(26)27/h3-4,14-16,21,24,28H,5-13H2,1-2H3/t21-/m0/s1. The molecular formula is C24H32ClF2N3O. The second-order valence-electron chi connectivity index (χ2n) is 9.45. The molecule has 1 atom stereocenters. The van der Waals surface area contributed by atoms with Gasteiger partial charge in [-0.2, -0.15) is 0 Å². The molecule has 1 N–H and O–H groups in total. The fourth-order valence-electron chi connectivity index (χ4n) is 5.15. The van der Waals surface area contributed by atoms with Crippen LogP contribution < -0.4 is 0 Å². The molecule has 170 valence electrons. The van der Waals surface area contributed by atoms with Gasteiger partial charge in [0.1, 0.15) is 0 Å². The van der Waals surface area contributed by atoms with Gasteiger partial charge in [-0.15, -0.1) is 0 Å². The van der Waals surface area contributed by atoms with Crippen molar-refractivity contribution in [3.63, 3.8) is 0 Å². The molecule has 0 radical (unpaired) electrons. The first kappa shape index (κ1) is 22.5. The van der Waals surface area contributed by atoms with E-state index < -0.39 is 12.3 Å². The van der Waals surface area contributed by atoms with E-state index in [1.165, 1.54) is 5.56 Å². The van der Waals surface area contributed by atoms with E-state index in [0.29, 0.717) is 51.4 Å². The number of amides is 1. The van der Waals surface area contributed by atoms with Crippen LogP contribution in [0.5, 0.6) is 0 Å². The van der Waals surface area contributed by atoms with Crippen LogP contribution in [0.1, 0.15) is 56.8 Å². The molecule has 0 unspecified atom stereocenters. The first-order valence-electron chi connectivity index (χ1n) is 11.4. The molecule has 0 bridgehead atoms. The number of piperidine rings is 1. The molecule has 2 aliphatic heterocycles. The van der Waals surface area contributed by atoms with Crippen molar-refractivity contribution in [1.82, 2.24) is 14.8 Å². The Morgan fingerprint density at radius 3 is 2.65 bits per heavy atom. The van der Waals surface area contributed by atoms with Crippen LogP contribution in [-0.2, 0) is 11.2 Å². The summed E-state index contributed by atoms with van der Waals surface area (Å²) in [5.41, 5.74) is 3.49. The van der Waals surface area contributed by atoms with E-state index in [9.17, 15) is 13.6 Å². The van der Waals surface area contributed by atoms with E-state index in [1.54, 1.807) is 0 Å². The normalized spacial score (nSPS) is 20.7. The Labute approximate surface area is 187 Å². The van der Waals surface area contributed by atoms with Gasteiger partial charge in [0.25, 0.3) is 0 Å². The van der Waals surface area contributed by atoms with Crippen LogP contribution in [0, 0.1) is 11.8 Å². The molecule has 4 rings (SSSR count). The summed E-state index contributed by atoms with van der Waals surface area (Å²) in [6, 6.07) is 5.95. The van der Waals surface area contributed by atoms with Crippen molar-refractivity contribution in [3.05, 3.63) is 34.5 Å². The average Bonchev–Trinajstić information content (AvgIpc) is 3.10. The van der Waals surface area contributed by atoms with Crippen molar-refractivity contribution in [3.8, 4) is 0 Å². The van der Waals surface area contributed by atoms with Crippen molar-refractivity contribution in [2.24, 2.45) is 11.8 Å². The fourth-order valence-corrected chi connectivity index (χ4v) is 5.33. The number of carbonyl (C=O) groups is 1. The van der Waals surface area contributed by atoms with Gasteiger partial charge in [0.2, 0.25) is 12.3 Å². The van der Waals surface area contributed by atoms with Crippen LogP contribution in [0.25, 0.3) is 10.9 Å². The first-order valence-corrected chi connectivity index (χ1v) is 11.8. The van der Waals surface area contributed by atoms with Crippen molar-refractivity contribution >= 4 is 28.4 Å². The Morgan fingerprint density at radius 1 is 1.23 bits per heavy atom. The third-order valence-corrected chi connectivity index (χ3v) is 7.09. The third-order valence-electron chi connectivity index (χ3n) is 6.86. The van der Waals surface area contributed by atoms with E-state index in [-0.39, 0.29) is 11.9 Å². The highest BCUT2D eigenvalue weighted by Gasteiger charge is 2.34. The molecule has 2 aliphatic rings. The topological polar surface area (TPSA) is 39.3 Å². The average molecular weight is 452 g/mol. The Hall–Kier alpha value is -1.66. The number of fused-ring (bicyclic) bond motifs is 3. The number of halogens is 3. The smallest absolute Gasteiger partial charge is 0.241 e. The van der Waals surface area contributed by atoms with Crippen LogP contribution in [-0.4, -0.2) is 53.3 Å². The van der Waals surface area contributed by atoms with Gasteiger partial charge in [0.15, 0.2) is 0 Å². The number of hydrogen-bond acceptors (Lipinski definition) is 2. The predicted octanol–water partition coefficient (Wildman–Crippen LogP) is 5.66. The van der Waals surface area contributed by atoms with Gasteiger partial charge in [0, 0.05) is 47.0 Å². The molecule has 7 heteroatoms. The van der Waals surface area contributed by atoms with Crippen LogP contribution >= 0.6 is 11.6 Å². The molecule has 1 amide bonds. The summed E-state index contributed by atoms with van der Waals surface area (Å²) >= 11 is 6.23. The zero-order valence-electron chi connectivity index (χ0n) is 18.3. The Morgan fingerprint density at radius 2 is 1.97 bits per heavy atom. The number of nitrogens with one attached hydrogen (secondary N) is 1. The molecule has 1 fully saturated rings. The summed E-state index contributed by atoms with van der Waals surface area (Å²) < 4.78 is 25.8. The third kappa shape index (κ3) is 4.90. The number of carbonyl (C=O) groups excluding carboxylic acids is 1. The molecular weight excluding hydrogens is 420 g/mol. The Kier molecular flexibility index (Phi) is 6.87. The quantitative estimate of drug-likeness (QED) is 0.615. The minimum absolute atomic E-state index is 0.0343. The molecule has 2 aromatic rings. The number of hydrogen-bond donors (Lipinski definition) is 1. The highest BCUT2D eigenvalue weighted by atomic mass is 35.5. The zero-order chi connectivity index (χ0) is 22.1. The molecule has 1 aromatic carbocycles. The molecule has 4 nitrogen and oxygen atoms in total. The van der Waals surface area contributed by atoms with E-state index in [2.05, 4.69) is 23.7 Å². The molecule has 1 saturated heterocycles. The number of rotatable bonds is 6. The monoisotopic (exact) mass is 451 g/mol. The van der Waals surface area contributed by atoms with Gasteiger partial charge >= 0.3 is 0 Å². The second kappa shape index (κ2) is 9.45. The van der Waals surface area contributed by atoms with Crippen LogP contribution in [0.4, 0.5) is 8.78 Å². The lowest BCUT2D eigenvalue weighted by molar-refractivity contribution is -0.135. The van der Waals surface area contributed by atoms with Crippen LogP contribution in [0.2, 0.25) is 5.02 Å². The van der Waals surface area contributed by atoms with Crippen LogP contribution in [0.15, 0.2) is 18.2 Å². The molecule has 31 heavy (non-hydrogen) atoms. The lowest BCUT2D eigenvalue weighted by atomic mass is 9.91. The summed E-state index contributed by atoms with van der Waals surface area (Å²) in [7, 11) is 0. The second-order valence-corrected chi connectivity index (χ2v) is 9.89. The molecule has 3 heterocycles. The van der Waals surface area contributed by atoms with Crippen molar-refractivity contribution in [2.45, 2.75) is 58.4 Å². The maximum Gasteiger partial charge on any atom is 0.241 e. The predicted molar refractivity (Wildman–Crippen MR) is 121 cm³/mol. The van der Waals surface area contributed by atoms with Gasteiger partial charge < -0.3 is 14.8 Å². The minimum Gasteiger partial charge on any atom is -0.356 e. The summed E-state index contributed by atoms with van der Waals surface area (Å²) in [6.45, 7) is 7.04. The van der Waals surface area contributed by atoms with Crippen LogP contribution in [0.3, 0.4) is 0 Å². The Bertz CT molecular complexity index is 921. The number of benzene rings is 1. The summed E-state index contributed by atoms with van der Waals surface area (Å²) in [6.07, 6.45) is 0.970. The van der Waals surface area contributed by atoms with E-state index in [1.807, 2.05) is 23.1 Å². The number of aromatic nitrogens is 1. The van der Waals surface area contributed by atoms with E-state index >= 15 is 0 Å². The highest BCUT2D eigenvalue weighted by Crippen LogP contribution is 2.39. The number of likely N-dealkylation sites (tertiary alicyclic amines) is 1. The summed E-state index contributed by atoms with van der Waals surface area (Å²) in [5.74, 6) is 0.122. The molecule has 0 saturated carbocycles. The first-order chi connectivity index (χ1) is 14.8. The lowest BCUT2D eigenvalue weighted by Crippen LogP contribution is -2.43. The highest BCUT2D eigenvalue weighted by molar-refractivity contribution is 6.31. The molecule has 1 aromatic heterocycles. The van der Waals surface area contributed by atoms with Crippen molar-refractivity contribution in [1.29, 1.82) is 0 Å². The maximum atomic E-state index is 13.2. The molecule has 0 spiro atoms. The summed E-state index contributed by atoms with van der Waals surface area (Å²) in [5, 5.41) is 1.88. The number of nitrogens with zero attached hydrogens (tertiary/aromatic N) is 2. The largest absolute Gasteiger partial charge is 0.356 e. The number of alkyl halides is 2. The minimum atomic E-state index is -2.23. The number of H-pyrrole nitrogens is 1. The summed E-state index contributed by atoms with van der Waals surface area (Å²) in [4.78, 5) is 21.0. The Balaban J connectivity index is 1.46. The van der Waals surface area contributed by atoms with Crippen molar-refractivity contribution < 1.29 is 13.6 Å². The molecule has 0 aliphatic carbocycles. The van der Waals surface area contributed by atoms with E-state index in [4.69, 9.17) is 11.6 Å². The van der Waals surface area contributed by atoms with Gasteiger partial charge in [0.05, 0.1) is 6.04 Å². The van der Waals surface area contributed by atoms with Gasteiger partial charge in [-0.05, 0) is 68.5 Å². The van der Waals surface area contributed by atoms with Crippen molar-refractivity contribution in [2.75, 3.05) is 26.2 Å². The zero-order valence-corrected chi connectivity index (χ0v) is 19.1. The van der Waals surface area contributed by atoms with E-state index in [0.717, 1.165) is 34.5 Å². The maximum absolute atomic E-state index is 13.2. The van der Waals surface area contributed by atoms with Gasteiger partial charge in [-0.3, -0.25) is 4.79 Å². The SMILES string of the molecule is CC(C)C[C@H]1c2[nH]c3ccc(Cl)cc3c2CCN1C(=O)CCN1CCC(C(F)F)CC1. The van der Waals surface area contributed by atoms with Gasteiger partial charge in [-0.1, -0.05) is 25.4 Å². The fraction of sp³-hybridized carbons (Fsp3) is 0.625. The lowest BCUT2D eigenvalue weighted by Gasteiger charge is -2.38. The number of aromatic amines is 1.